The minimum absolute atomic E-state index is 0.111. The number of aryl methyl sites for hydroxylation is 1. The number of carbonyl (C=O) groups excluding carboxylic acids is 1. The lowest BCUT2D eigenvalue weighted by atomic mass is 10.1. The number of nitrogens with zero attached hydrogens (tertiary/aromatic N) is 3. The first-order valence-electron chi connectivity index (χ1n) is 8.81. The summed E-state index contributed by atoms with van der Waals surface area (Å²) in [7, 11) is 0. The molecular formula is C20H15ClF3N3O2. The Morgan fingerprint density at radius 2 is 1.90 bits per heavy atom. The Kier molecular flexibility index (Phi) is 4.82. The standard InChI is InChI=1S/C20H15ClF3N3O2/c1-11-3-2-4-15(21)17(11)27-10-13(9-16(27)28)19-25-18(26-29-19)12-5-7-14(8-6-12)20(22,23)24/h2-8,13H,9-10H2,1H3. The van der Waals surface area contributed by atoms with Gasteiger partial charge in [0.1, 0.15) is 0 Å². The molecule has 0 N–H and O–H groups in total. The van der Waals surface area contributed by atoms with Gasteiger partial charge in [0.05, 0.1) is 22.2 Å². The predicted molar refractivity (Wildman–Crippen MR) is 101 cm³/mol. The highest BCUT2D eigenvalue weighted by molar-refractivity contribution is 6.34. The smallest absolute Gasteiger partial charge is 0.339 e. The van der Waals surface area contributed by atoms with Crippen molar-refractivity contribution in [2.75, 3.05) is 11.4 Å². The van der Waals surface area contributed by atoms with Crippen molar-refractivity contribution >= 4 is 23.2 Å². The Morgan fingerprint density at radius 1 is 1.17 bits per heavy atom. The molecule has 1 aliphatic heterocycles. The third-order valence-corrected chi connectivity index (χ3v) is 5.15. The molecule has 1 atom stereocenters. The number of carbonyl (C=O) groups is 1. The van der Waals surface area contributed by atoms with Gasteiger partial charge in [0.25, 0.3) is 0 Å². The summed E-state index contributed by atoms with van der Waals surface area (Å²) in [5.74, 6) is 0.00310. The van der Waals surface area contributed by atoms with Gasteiger partial charge in [-0.05, 0) is 30.7 Å². The van der Waals surface area contributed by atoms with Gasteiger partial charge in [0, 0.05) is 18.5 Å². The van der Waals surface area contributed by atoms with Crippen molar-refractivity contribution in [1.82, 2.24) is 10.1 Å². The molecule has 2 aromatic carbocycles. The lowest BCUT2D eigenvalue weighted by Gasteiger charge is -2.20. The number of rotatable bonds is 3. The van der Waals surface area contributed by atoms with Crippen LogP contribution in [0.1, 0.15) is 29.4 Å². The maximum absolute atomic E-state index is 12.7. The average Bonchev–Trinajstić information content (AvgIpc) is 3.29. The second-order valence-electron chi connectivity index (χ2n) is 6.84. The maximum Gasteiger partial charge on any atom is 0.416 e. The molecule has 29 heavy (non-hydrogen) atoms. The van der Waals surface area contributed by atoms with Gasteiger partial charge in [0.2, 0.25) is 17.6 Å². The molecule has 3 aromatic rings. The highest BCUT2D eigenvalue weighted by Gasteiger charge is 2.36. The minimum Gasteiger partial charge on any atom is -0.339 e. The molecule has 2 heterocycles. The van der Waals surface area contributed by atoms with Crippen LogP contribution >= 0.6 is 11.6 Å². The zero-order valence-corrected chi connectivity index (χ0v) is 16.0. The van der Waals surface area contributed by atoms with E-state index in [0.29, 0.717) is 22.8 Å². The monoisotopic (exact) mass is 421 g/mol. The van der Waals surface area contributed by atoms with Crippen molar-refractivity contribution in [3.05, 3.63) is 64.5 Å². The fourth-order valence-electron chi connectivity index (χ4n) is 3.38. The highest BCUT2D eigenvalue weighted by Crippen LogP contribution is 2.37. The largest absolute Gasteiger partial charge is 0.416 e. The molecule has 0 aliphatic carbocycles. The number of hydrogen-bond acceptors (Lipinski definition) is 4. The first-order chi connectivity index (χ1) is 13.7. The number of para-hydroxylation sites is 1. The van der Waals surface area contributed by atoms with E-state index in [1.54, 1.807) is 11.0 Å². The first kappa shape index (κ1) is 19.4. The van der Waals surface area contributed by atoms with Crippen LogP contribution in [-0.4, -0.2) is 22.6 Å². The Morgan fingerprint density at radius 3 is 2.55 bits per heavy atom. The molecule has 0 saturated carbocycles. The van der Waals surface area contributed by atoms with Crippen molar-refractivity contribution in [3.63, 3.8) is 0 Å². The number of hydrogen-bond donors (Lipinski definition) is 0. The van der Waals surface area contributed by atoms with Crippen LogP contribution in [0.4, 0.5) is 18.9 Å². The van der Waals surface area contributed by atoms with Crippen LogP contribution in [0.2, 0.25) is 5.02 Å². The van der Waals surface area contributed by atoms with Crippen molar-refractivity contribution < 1.29 is 22.5 Å². The summed E-state index contributed by atoms with van der Waals surface area (Å²) in [6.07, 6.45) is -4.23. The van der Waals surface area contributed by atoms with E-state index in [1.807, 2.05) is 19.1 Å². The third kappa shape index (κ3) is 3.72. The number of halogens is 4. The summed E-state index contributed by atoms with van der Waals surface area (Å²) in [4.78, 5) is 18.4. The Hall–Kier alpha value is -2.87. The van der Waals surface area contributed by atoms with Gasteiger partial charge >= 0.3 is 6.18 Å². The molecule has 1 unspecified atom stereocenters. The number of anilines is 1. The van der Waals surface area contributed by atoms with E-state index in [4.69, 9.17) is 16.1 Å². The molecule has 0 bridgehead atoms. The number of alkyl halides is 3. The van der Waals surface area contributed by atoms with Gasteiger partial charge in [0.15, 0.2) is 0 Å². The molecule has 9 heteroatoms. The molecule has 150 valence electrons. The van der Waals surface area contributed by atoms with Gasteiger partial charge < -0.3 is 9.42 Å². The fourth-order valence-corrected chi connectivity index (χ4v) is 3.70. The third-order valence-electron chi connectivity index (χ3n) is 4.84. The van der Waals surface area contributed by atoms with E-state index in [-0.39, 0.29) is 30.0 Å². The summed E-state index contributed by atoms with van der Waals surface area (Å²) in [6, 6.07) is 9.91. The summed E-state index contributed by atoms with van der Waals surface area (Å²) < 4.78 is 43.4. The zero-order chi connectivity index (χ0) is 20.8. The van der Waals surface area contributed by atoms with Crippen molar-refractivity contribution in [2.45, 2.75) is 25.4 Å². The Balaban J connectivity index is 1.55. The molecule has 1 aromatic heterocycles. The van der Waals surface area contributed by atoms with Crippen LogP contribution < -0.4 is 4.90 Å². The van der Waals surface area contributed by atoms with E-state index in [0.717, 1.165) is 17.7 Å². The van der Waals surface area contributed by atoms with Crippen molar-refractivity contribution in [3.8, 4) is 11.4 Å². The lowest BCUT2D eigenvalue weighted by molar-refractivity contribution is -0.137. The van der Waals surface area contributed by atoms with Crippen LogP contribution in [0.25, 0.3) is 11.4 Å². The van der Waals surface area contributed by atoms with Crippen LogP contribution in [0.15, 0.2) is 47.0 Å². The molecule has 0 spiro atoms. The average molecular weight is 422 g/mol. The fraction of sp³-hybridized carbons (Fsp3) is 0.250. The van der Waals surface area contributed by atoms with E-state index in [9.17, 15) is 18.0 Å². The molecule has 5 nitrogen and oxygen atoms in total. The minimum atomic E-state index is -4.41. The summed E-state index contributed by atoms with van der Waals surface area (Å²) in [6.45, 7) is 2.20. The first-order valence-corrected chi connectivity index (χ1v) is 9.18. The van der Waals surface area contributed by atoms with Crippen LogP contribution in [-0.2, 0) is 11.0 Å². The van der Waals surface area contributed by atoms with Crippen LogP contribution in [0.3, 0.4) is 0 Å². The Bertz CT molecular complexity index is 1040. The number of aromatic nitrogens is 2. The van der Waals surface area contributed by atoms with Gasteiger partial charge in [-0.25, -0.2) is 0 Å². The molecule has 1 amide bonds. The van der Waals surface area contributed by atoms with Crippen LogP contribution in [0, 0.1) is 6.92 Å². The zero-order valence-electron chi connectivity index (χ0n) is 15.2. The quantitative estimate of drug-likeness (QED) is 0.580. The predicted octanol–water partition coefficient (Wildman–Crippen LogP) is 5.24. The topological polar surface area (TPSA) is 59.2 Å². The van der Waals surface area contributed by atoms with Gasteiger partial charge in [-0.3, -0.25) is 4.79 Å². The number of benzene rings is 2. The molecule has 0 radical (unpaired) electrons. The molecular weight excluding hydrogens is 407 g/mol. The van der Waals surface area contributed by atoms with Crippen molar-refractivity contribution in [2.24, 2.45) is 0 Å². The van der Waals surface area contributed by atoms with Crippen molar-refractivity contribution in [1.29, 1.82) is 0 Å². The van der Waals surface area contributed by atoms with E-state index in [2.05, 4.69) is 10.1 Å². The SMILES string of the molecule is Cc1cccc(Cl)c1N1CC(c2nc(-c3ccc(C(F)(F)F)cc3)no2)CC1=O. The molecule has 1 fully saturated rings. The van der Waals surface area contributed by atoms with Crippen LogP contribution in [0.5, 0.6) is 0 Å². The Labute approximate surface area is 169 Å². The second kappa shape index (κ2) is 7.18. The summed E-state index contributed by atoms with van der Waals surface area (Å²) in [5.41, 5.74) is 1.18. The van der Waals surface area contributed by atoms with E-state index in [1.165, 1.54) is 12.1 Å². The lowest BCUT2D eigenvalue weighted by Crippen LogP contribution is -2.25. The van der Waals surface area contributed by atoms with Gasteiger partial charge in [-0.15, -0.1) is 0 Å². The second-order valence-corrected chi connectivity index (χ2v) is 7.25. The molecule has 4 rings (SSSR count). The summed E-state index contributed by atoms with van der Waals surface area (Å²) >= 11 is 6.27. The molecule has 1 saturated heterocycles. The normalized spacial score (nSPS) is 17.2. The molecule has 1 aliphatic rings. The van der Waals surface area contributed by atoms with E-state index < -0.39 is 11.7 Å². The van der Waals surface area contributed by atoms with Gasteiger partial charge in [-0.1, -0.05) is 41.0 Å². The maximum atomic E-state index is 12.7. The summed E-state index contributed by atoms with van der Waals surface area (Å²) in [5, 5.41) is 4.34. The van der Waals surface area contributed by atoms with E-state index >= 15 is 0 Å². The van der Waals surface area contributed by atoms with Gasteiger partial charge in [-0.2, -0.15) is 18.2 Å². The highest BCUT2D eigenvalue weighted by atomic mass is 35.5. The number of amides is 1.